The van der Waals surface area contributed by atoms with E-state index in [2.05, 4.69) is 25.2 Å². The highest BCUT2D eigenvalue weighted by molar-refractivity contribution is 5.95. The molecule has 5 rings (SSSR count). The molecule has 3 aromatic rings. The van der Waals surface area contributed by atoms with Crippen molar-refractivity contribution in [1.82, 2.24) is 29.7 Å². The molecule has 0 bridgehead atoms. The second-order valence-corrected chi connectivity index (χ2v) is 10.4. The number of nitrogens with one attached hydrogen (secondary N) is 1. The van der Waals surface area contributed by atoms with Gasteiger partial charge < -0.3 is 19.9 Å². The quantitative estimate of drug-likeness (QED) is 0.371. The molecule has 2 aliphatic heterocycles. The number of carbonyl (C=O) groups is 2. The Kier molecular flexibility index (Phi) is 9.34. The zero-order chi connectivity index (χ0) is 30.4. The third-order valence-electron chi connectivity index (χ3n) is 7.19. The van der Waals surface area contributed by atoms with Crippen LogP contribution in [0, 0.1) is 5.82 Å². The van der Waals surface area contributed by atoms with E-state index >= 15 is 0 Å². The Morgan fingerprint density at radius 3 is 2.30 bits per heavy atom. The first-order valence-corrected chi connectivity index (χ1v) is 14.0. The number of hydrogen-bond donors (Lipinski definition) is 1. The van der Waals surface area contributed by atoms with Gasteiger partial charge in [-0.3, -0.25) is 14.5 Å². The van der Waals surface area contributed by atoms with Crippen molar-refractivity contribution in [3.05, 3.63) is 65.5 Å². The van der Waals surface area contributed by atoms with Crippen LogP contribution in [0.4, 0.5) is 23.5 Å². The average molecular weight is 602 g/mol. The smallest absolute Gasteiger partial charge is 0.422 e. The number of benzene rings is 2. The molecule has 10 nitrogen and oxygen atoms in total. The summed E-state index contributed by atoms with van der Waals surface area (Å²) in [5.74, 6) is -0.550. The van der Waals surface area contributed by atoms with Crippen molar-refractivity contribution in [1.29, 1.82) is 0 Å². The van der Waals surface area contributed by atoms with Crippen molar-refractivity contribution in [2.45, 2.75) is 25.6 Å². The van der Waals surface area contributed by atoms with Gasteiger partial charge in [-0.25, -0.2) is 4.39 Å². The number of piperazine rings is 1. The second-order valence-electron chi connectivity index (χ2n) is 10.4. The van der Waals surface area contributed by atoms with Gasteiger partial charge in [0, 0.05) is 56.9 Å². The zero-order valence-corrected chi connectivity index (χ0v) is 23.3. The van der Waals surface area contributed by atoms with E-state index in [1.807, 2.05) is 4.90 Å². The number of hydrogen-bond acceptors (Lipinski definition) is 8. The molecule has 0 unspecified atom stereocenters. The summed E-state index contributed by atoms with van der Waals surface area (Å²) in [5, 5.41) is 2.90. The van der Waals surface area contributed by atoms with E-state index in [1.54, 1.807) is 41.3 Å². The fourth-order valence-corrected chi connectivity index (χ4v) is 4.90. The topological polar surface area (TPSA) is 104 Å². The Balaban J connectivity index is 1.28. The molecule has 1 aromatic heterocycles. The van der Waals surface area contributed by atoms with Crippen molar-refractivity contribution < 1.29 is 31.9 Å². The van der Waals surface area contributed by atoms with Gasteiger partial charge in [0.2, 0.25) is 11.9 Å². The molecule has 0 radical (unpaired) electrons. The first-order valence-electron chi connectivity index (χ1n) is 14.0. The molecular weight excluding hydrogens is 570 g/mol. The normalized spacial score (nSPS) is 15.9. The monoisotopic (exact) mass is 601 g/mol. The van der Waals surface area contributed by atoms with Gasteiger partial charge in [-0.2, -0.15) is 28.1 Å². The Bertz CT molecular complexity index is 1420. The van der Waals surface area contributed by atoms with Crippen LogP contribution in [0.25, 0.3) is 11.4 Å². The Hall–Kier alpha value is -4.33. The van der Waals surface area contributed by atoms with Gasteiger partial charge in [0.25, 0.3) is 5.91 Å². The number of amides is 2. The highest BCUT2D eigenvalue weighted by atomic mass is 19.4. The lowest BCUT2D eigenvalue weighted by Gasteiger charge is -2.35. The van der Waals surface area contributed by atoms with E-state index in [9.17, 15) is 27.2 Å². The molecular formula is C29H31F4N7O3. The highest BCUT2D eigenvalue weighted by Crippen LogP contribution is 2.23. The number of likely N-dealkylation sites (tertiary alicyclic amines) is 1. The van der Waals surface area contributed by atoms with E-state index in [-0.39, 0.29) is 30.1 Å². The summed E-state index contributed by atoms with van der Waals surface area (Å²) in [6.07, 6.45) is -2.53. The van der Waals surface area contributed by atoms with Gasteiger partial charge in [-0.05, 0) is 42.7 Å². The second kappa shape index (κ2) is 13.3. The van der Waals surface area contributed by atoms with Crippen LogP contribution in [0.15, 0.2) is 48.5 Å². The van der Waals surface area contributed by atoms with E-state index in [0.29, 0.717) is 49.4 Å². The lowest BCUT2D eigenvalue weighted by atomic mass is 10.1. The largest absolute Gasteiger partial charge is 0.454 e. The van der Waals surface area contributed by atoms with E-state index in [1.165, 1.54) is 12.1 Å². The minimum Gasteiger partial charge on any atom is -0.454 e. The third-order valence-corrected chi connectivity index (χ3v) is 7.19. The number of alkyl halides is 3. The molecule has 0 saturated carbocycles. The Morgan fingerprint density at radius 2 is 1.60 bits per heavy atom. The number of anilines is 1. The lowest BCUT2D eigenvalue weighted by Crippen LogP contribution is -2.51. The number of carbonyl (C=O) groups excluding carboxylic acids is 2. The maximum atomic E-state index is 13.3. The van der Waals surface area contributed by atoms with Crippen LogP contribution in [0.2, 0.25) is 0 Å². The van der Waals surface area contributed by atoms with Gasteiger partial charge in [0.05, 0.1) is 6.54 Å². The van der Waals surface area contributed by atoms with Crippen LogP contribution in [0.1, 0.15) is 28.8 Å². The fourth-order valence-electron chi connectivity index (χ4n) is 4.90. The molecule has 43 heavy (non-hydrogen) atoms. The molecule has 2 fully saturated rings. The summed E-state index contributed by atoms with van der Waals surface area (Å²) in [4.78, 5) is 43.8. The van der Waals surface area contributed by atoms with Gasteiger partial charge in [-0.15, -0.1) is 0 Å². The molecule has 14 heteroatoms. The molecule has 228 valence electrons. The summed E-state index contributed by atoms with van der Waals surface area (Å²) in [6.45, 7) is 2.56. The first kappa shape index (κ1) is 30.1. The predicted octanol–water partition coefficient (Wildman–Crippen LogP) is 3.61. The zero-order valence-electron chi connectivity index (χ0n) is 23.3. The molecule has 2 aromatic carbocycles. The molecule has 0 atom stereocenters. The van der Waals surface area contributed by atoms with E-state index in [4.69, 9.17) is 4.74 Å². The third kappa shape index (κ3) is 8.37. The minimum absolute atomic E-state index is 0.00803. The molecule has 0 aliphatic carbocycles. The number of aromatic nitrogens is 3. The van der Waals surface area contributed by atoms with E-state index < -0.39 is 24.6 Å². The lowest BCUT2D eigenvalue weighted by molar-refractivity contribution is -0.154. The average Bonchev–Trinajstić information content (AvgIpc) is 3.55. The molecule has 2 saturated heterocycles. The predicted molar refractivity (Wildman–Crippen MR) is 149 cm³/mol. The number of ether oxygens (including phenoxy) is 1. The maximum Gasteiger partial charge on any atom is 0.422 e. The van der Waals surface area contributed by atoms with Crippen molar-refractivity contribution in [2.24, 2.45) is 0 Å². The van der Waals surface area contributed by atoms with Crippen LogP contribution in [-0.4, -0.2) is 100 Å². The number of rotatable bonds is 9. The van der Waals surface area contributed by atoms with Gasteiger partial charge in [0.15, 0.2) is 12.4 Å². The van der Waals surface area contributed by atoms with Crippen LogP contribution in [0.5, 0.6) is 6.01 Å². The molecule has 3 heterocycles. The van der Waals surface area contributed by atoms with Crippen LogP contribution in [-0.2, 0) is 11.3 Å². The maximum absolute atomic E-state index is 13.3. The van der Waals surface area contributed by atoms with Crippen LogP contribution >= 0.6 is 0 Å². The number of halogens is 4. The number of nitrogens with zero attached hydrogens (tertiary/aromatic N) is 6. The Labute approximate surface area is 245 Å². The summed E-state index contributed by atoms with van der Waals surface area (Å²) in [5.41, 5.74) is 1.43. The molecule has 2 aliphatic rings. The summed E-state index contributed by atoms with van der Waals surface area (Å²) < 4.78 is 56.6. The van der Waals surface area contributed by atoms with Crippen molar-refractivity contribution in [3.8, 4) is 17.4 Å². The van der Waals surface area contributed by atoms with Crippen LogP contribution in [0.3, 0.4) is 0 Å². The highest BCUT2D eigenvalue weighted by Gasteiger charge is 2.30. The molecule has 2 amide bonds. The SMILES string of the molecule is O=C(CN1CCN(C(=O)c2cccc(-c3nc(NCc4ccc(F)cc4)nc(OCC(F)(F)F)n3)c2)CC1)N1CCCC1. The summed E-state index contributed by atoms with van der Waals surface area (Å²) >= 11 is 0. The van der Waals surface area contributed by atoms with Crippen molar-refractivity contribution in [2.75, 3.05) is 57.7 Å². The fraction of sp³-hybridized carbons (Fsp3) is 0.414. The van der Waals surface area contributed by atoms with Gasteiger partial charge >= 0.3 is 12.2 Å². The minimum atomic E-state index is -4.60. The summed E-state index contributed by atoms with van der Waals surface area (Å²) in [7, 11) is 0. The first-order chi connectivity index (χ1) is 20.6. The van der Waals surface area contributed by atoms with Crippen LogP contribution < -0.4 is 10.1 Å². The van der Waals surface area contributed by atoms with Crippen molar-refractivity contribution in [3.63, 3.8) is 0 Å². The van der Waals surface area contributed by atoms with E-state index in [0.717, 1.165) is 25.9 Å². The van der Waals surface area contributed by atoms with Gasteiger partial charge in [-0.1, -0.05) is 24.3 Å². The standard InChI is InChI=1S/C29H31F4N7O3/c30-23-8-6-20(7-9-23)17-34-27-35-25(36-28(37-27)43-19-29(31,32)33)21-4-3-5-22(16-21)26(42)40-14-12-38(13-15-40)18-24(41)39-10-1-2-11-39/h3-9,16H,1-2,10-15,17-19H2,(H,34,35,36,37). The van der Waals surface area contributed by atoms with Crippen molar-refractivity contribution >= 4 is 17.8 Å². The molecule has 0 spiro atoms. The van der Waals surface area contributed by atoms with Gasteiger partial charge in [0.1, 0.15) is 5.82 Å². The summed E-state index contributed by atoms with van der Waals surface area (Å²) in [6, 6.07) is 11.6. The Morgan fingerprint density at radius 1 is 0.884 bits per heavy atom. The molecule has 1 N–H and O–H groups in total.